The van der Waals surface area contributed by atoms with Gasteiger partial charge in [0.1, 0.15) is 0 Å². The Morgan fingerprint density at radius 1 is 1.19 bits per heavy atom. The van der Waals surface area contributed by atoms with E-state index in [2.05, 4.69) is 50.4 Å². The Labute approximate surface area is 130 Å². The first-order valence-electron chi connectivity index (χ1n) is 8.44. The molecule has 2 fully saturated rings. The van der Waals surface area contributed by atoms with E-state index >= 15 is 0 Å². The van der Waals surface area contributed by atoms with Gasteiger partial charge in [-0.3, -0.25) is 4.79 Å². The molecule has 0 radical (unpaired) electrons. The maximum absolute atomic E-state index is 12.3. The number of carbonyl (C=O) groups excluding carboxylic acids is 1. The Morgan fingerprint density at radius 2 is 1.86 bits per heavy atom. The average molecular weight is 295 g/mol. The number of fused-ring (bicyclic) bond motifs is 2. The summed E-state index contributed by atoms with van der Waals surface area (Å²) in [6, 6.07) is 0. The second-order valence-corrected chi connectivity index (χ2v) is 8.01. The first-order valence-corrected chi connectivity index (χ1v) is 8.44. The van der Waals surface area contributed by atoms with Crippen LogP contribution in [0.15, 0.2) is 0 Å². The topological polar surface area (TPSA) is 44.4 Å². The molecule has 0 aromatic carbocycles. The number of rotatable bonds is 7. The van der Waals surface area contributed by atoms with Crippen LogP contribution in [0.1, 0.15) is 46.5 Å². The molecule has 0 unspecified atom stereocenters. The second kappa shape index (κ2) is 6.25. The summed E-state index contributed by atoms with van der Waals surface area (Å²) >= 11 is 0. The van der Waals surface area contributed by atoms with E-state index in [1.54, 1.807) is 0 Å². The van der Waals surface area contributed by atoms with E-state index < -0.39 is 0 Å². The highest BCUT2D eigenvalue weighted by Crippen LogP contribution is 2.61. The third-order valence-corrected chi connectivity index (χ3v) is 6.25. The van der Waals surface area contributed by atoms with Crippen LogP contribution in [-0.4, -0.2) is 50.1 Å². The van der Waals surface area contributed by atoms with Crippen molar-refractivity contribution in [3.05, 3.63) is 0 Å². The monoisotopic (exact) mass is 295 g/mol. The lowest BCUT2D eigenvalue weighted by Gasteiger charge is -2.48. The quantitative estimate of drug-likeness (QED) is 0.705. The van der Waals surface area contributed by atoms with Crippen molar-refractivity contribution in [2.45, 2.75) is 52.0 Å². The molecule has 0 aromatic rings. The minimum absolute atomic E-state index is 0.0294. The summed E-state index contributed by atoms with van der Waals surface area (Å²) in [6.45, 7) is 9.33. The van der Waals surface area contributed by atoms with Crippen molar-refractivity contribution < 1.29 is 4.79 Å². The Bertz CT molecular complexity index is 380. The van der Waals surface area contributed by atoms with Crippen molar-refractivity contribution in [3.8, 4) is 0 Å². The van der Waals surface area contributed by atoms with Gasteiger partial charge >= 0.3 is 0 Å². The predicted molar refractivity (Wildman–Crippen MR) is 87.2 cm³/mol. The van der Waals surface area contributed by atoms with Crippen molar-refractivity contribution in [1.82, 2.24) is 15.5 Å². The lowest BCUT2D eigenvalue weighted by atomic mass is 9.64. The minimum Gasteiger partial charge on any atom is -0.349 e. The highest BCUT2D eigenvalue weighted by atomic mass is 16.2. The summed E-state index contributed by atoms with van der Waals surface area (Å²) in [4.78, 5) is 14.4. The van der Waals surface area contributed by atoms with Gasteiger partial charge in [-0.25, -0.2) is 0 Å². The lowest BCUT2D eigenvalue weighted by Crippen LogP contribution is -2.60. The van der Waals surface area contributed by atoms with Crippen molar-refractivity contribution in [3.63, 3.8) is 0 Å². The molecule has 3 atom stereocenters. The second-order valence-electron chi connectivity index (χ2n) is 8.01. The van der Waals surface area contributed by atoms with E-state index in [0.29, 0.717) is 12.5 Å². The molecular formula is C17H33N3O. The molecule has 4 heteroatoms. The van der Waals surface area contributed by atoms with E-state index in [4.69, 9.17) is 0 Å². The smallest absolute Gasteiger partial charge is 0.234 e. The van der Waals surface area contributed by atoms with Crippen LogP contribution < -0.4 is 10.6 Å². The van der Waals surface area contributed by atoms with Gasteiger partial charge in [-0.1, -0.05) is 13.8 Å². The highest BCUT2D eigenvalue weighted by Gasteiger charge is 2.60. The molecule has 0 heterocycles. The van der Waals surface area contributed by atoms with Crippen LogP contribution in [0.2, 0.25) is 0 Å². The molecule has 21 heavy (non-hydrogen) atoms. The van der Waals surface area contributed by atoms with Gasteiger partial charge in [-0.15, -0.1) is 0 Å². The third kappa shape index (κ3) is 3.26. The molecule has 122 valence electrons. The molecule has 0 spiro atoms. The third-order valence-electron chi connectivity index (χ3n) is 6.25. The minimum atomic E-state index is -0.0294. The maximum atomic E-state index is 12.3. The first kappa shape index (κ1) is 16.8. The zero-order valence-electron chi connectivity index (χ0n) is 14.5. The summed E-state index contributed by atoms with van der Waals surface area (Å²) in [5.74, 6) is 1.60. The number of carbonyl (C=O) groups is 1. The Kier molecular flexibility index (Phi) is 4.99. The summed E-state index contributed by atoms with van der Waals surface area (Å²) in [5, 5.41) is 6.63. The van der Waals surface area contributed by atoms with Gasteiger partial charge in [0.2, 0.25) is 5.91 Å². The van der Waals surface area contributed by atoms with Crippen LogP contribution in [0.25, 0.3) is 0 Å². The molecule has 4 nitrogen and oxygen atoms in total. The number of nitrogens with zero attached hydrogens (tertiary/aromatic N) is 1. The molecule has 1 amide bonds. The summed E-state index contributed by atoms with van der Waals surface area (Å²) in [7, 11) is 4.15. The number of hydrogen-bond donors (Lipinski definition) is 2. The number of hydrogen-bond acceptors (Lipinski definition) is 3. The first-order chi connectivity index (χ1) is 9.77. The predicted octanol–water partition coefficient (Wildman–Crippen LogP) is 1.86. The lowest BCUT2D eigenvalue weighted by molar-refractivity contribution is -0.124. The van der Waals surface area contributed by atoms with E-state index in [-0.39, 0.29) is 16.9 Å². The molecule has 0 saturated heterocycles. The van der Waals surface area contributed by atoms with Gasteiger partial charge in [0, 0.05) is 5.54 Å². The van der Waals surface area contributed by atoms with E-state index in [0.717, 1.165) is 25.4 Å². The fourth-order valence-corrected chi connectivity index (χ4v) is 4.43. The fourth-order valence-electron chi connectivity index (χ4n) is 4.43. The van der Waals surface area contributed by atoms with Gasteiger partial charge in [0.15, 0.2) is 0 Å². The zero-order chi connectivity index (χ0) is 15.7. The molecule has 2 saturated carbocycles. The van der Waals surface area contributed by atoms with Crippen molar-refractivity contribution in [2.75, 3.05) is 33.7 Å². The van der Waals surface area contributed by atoms with Crippen LogP contribution in [0.3, 0.4) is 0 Å². The summed E-state index contributed by atoms with van der Waals surface area (Å²) < 4.78 is 0. The largest absolute Gasteiger partial charge is 0.349 e. The van der Waals surface area contributed by atoms with Gasteiger partial charge in [-0.2, -0.15) is 0 Å². The van der Waals surface area contributed by atoms with Gasteiger partial charge in [0.25, 0.3) is 0 Å². The molecule has 0 aromatic heterocycles. The molecule has 2 rings (SSSR count). The fraction of sp³-hybridized carbons (Fsp3) is 0.941. The van der Waals surface area contributed by atoms with Gasteiger partial charge < -0.3 is 15.5 Å². The van der Waals surface area contributed by atoms with Gasteiger partial charge in [-0.05, 0) is 77.0 Å². The summed E-state index contributed by atoms with van der Waals surface area (Å²) in [6.07, 6.45) is 4.99. The SMILES string of the molecule is CN(C)CCCNCC(=O)N[C@@]1(C)[C@H]2CC[C@@H](C2)C1(C)C. The summed E-state index contributed by atoms with van der Waals surface area (Å²) in [5.41, 5.74) is 0.189. The molecule has 2 aliphatic carbocycles. The Morgan fingerprint density at radius 3 is 2.43 bits per heavy atom. The van der Waals surface area contributed by atoms with E-state index in [9.17, 15) is 4.79 Å². The average Bonchev–Trinajstić information content (AvgIpc) is 2.92. The van der Waals surface area contributed by atoms with E-state index in [1.807, 2.05) is 0 Å². The van der Waals surface area contributed by atoms with Crippen molar-refractivity contribution in [2.24, 2.45) is 17.3 Å². The van der Waals surface area contributed by atoms with Gasteiger partial charge in [0.05, 0.1) is 6.54 Å². The number of amides is 1. The molecule has 0 aliphatic heterocycles. The maximum Gasteiger partial charge on any atom is 0.234 e. The molecule has 2 aliphatic rings. The molecule has 2 bridgehead atoms. The zero-order valence-corrected chi connectivity index (χ0v) is 14.5. The highest BCUT2D eigenvalue weighted by molar-refractivity contribution is 5.79. The van der Waals surface area contributed by atoms with Crippen LogP contribution in [0, 0.1) is 17.3 Å². The normalized spacial score (nSPS) is 33.6. The van der Waals surface area contributed by atoms with Crippen LogP contribution >= 0.6 is 0 Å². The molecular weight excluding hydrogens is 262 g/mol. The Hall–Kier alpha value is -0.610. The van der Waals surface area contributed by atoms with Crippen molar-refractivity contribution >= 4 is 5.91 Å². The van der Waals surface area contributed by atoms with E-state index in [1.165, 1.54) is 19.3 Å². The number of nitrogens with one attached hydrogen (secondary N) is 2. The van der Waals surface area contributed by atoms with Crippen LogP contribution in [0.4, 0.5) is 0 Å². The van der Waals surface area contributed by atoms with Crippen LogP contribution in [0.5, 0.6) is 0 Å². The van der Waals surface area contributed by atoms with Crippen LogP contribution in [-0.2, 0) is 4.79 Å². The van der Waals surface area contributed by atoms with Crippen molar-refractivity contribution in [1.29, 1.82) is 0 Å². The standard InChI is InChI=1S/C17H33N3O/c1-16(2)13-7-8-14(11-13)17(16,3)19-15(21)12-18-9-6-10-20(4)5/h13-14,18H,6-12H2,1-5H3,(H,19,21)/t13-,14-,17-/m0/s1. The Balaban J connectivity index is 1.77. The molecule has 2 N–H and O–H groups in total.